The van der Waals surface area contributed by atoms with E-state index in [1.807, 2.05) is 13.0 Å². The molecule has 0 heterocycles. The topological polar surface area (TPSA) is 49.7 Å². The molecule has 1 aromatic carbocycles. The predicted molar refractivity (Wildman–Crippen MR) is 75.3 cm³/mol. The predicted octanol–water partition coefficient (Wildman–Crippen LogP) is 2.02. The van der Waals surface area contributed by atoms with Crippen LogP contribution in [0.3, 0.4) is 0 Å². The first-order chi connectivity index (χ1) is 8.65. The largest absolute Gasteiger partial charge is 0.494 e. The minimum Gasteiger partial charge on any atom is -0.494 e. The number of hydrogen-bond acceptors (Lipinski definition) is 3. The monoisotopic (exact) mass is 250 g/mol. The second-order valence-electron chi connectivity index (χ2n) is 4.68. The van der Waals surface area contributed by atoms with Gasteiger partial charge in [0.05, 0.1) is 6.61 Å². The second kappa shape index (κ2) is 8.17. The molecule has 2 N–H and O–H groups in total. The smallest absolute Gasteiger partial charge is 0.492 e. The molecule has 0 bridgehead atoms. The molecule has 0 fully saturated rings. The maximum Gasteiger partial charge on any atom is 0.492 e. The summed E-state index contributed by atoms with van der Waals surface area (Å²) in [5.41, 5.74) is 1.44. The molecule has 0 spiro atoms. The molecule has 0 aliphatic carbocycles. The Morgan fingerprint density at radius 3 is 2.50 bits per heavy atom. The zero-order valence-corrected chi connectivity index (χ0v) is 11.4. The fraction of sp³-hybridized carbons (Fsp3) is 0.571. The van der Waals surface area contributed by atoms with Crippen LogP contribution in [0.4, 0.5) is 0 Å². The van der Waals surface area contributed by atoms with Crippen molar-refractivity contribution in [1.82, 2.24) is 0 Å². The molecule has 4 heteroatoms. The molecular weight excluding hydrogens is 227 g/mol. The summed E-state index contributed by atoms with van der Waals surface area (Å²) in [5, 5.41) is 18.6. The molecule has 0 amide bonds. The number of unbranched alkanes of at least 4 members (excludes halogenated alkanes) is 4. The van der Waals surface area contributed by atoms with Gasteiger partial charge in [0.2, 0.25) is 0 Å². The highest BCUT2D eigenvalue weighted by atomic mass is 16.5. The minimum absolute atomic E-state index is 0.448. The van der Waals surface area contributed by atoms with Crippen molar-refractivity contribution in [3.8, 4) is 5.75 Å². The summed E-state index contributed by atoms with van der Waals surface area (Å²) < 4.78 is 5.61. The van der Waals surface area contributed by atoms with Crippen LogP contribution in [0.2, 0.25) is 0 Å². The van der Waals surface area contributed by atoms with Crippen molar-refractivity contribution in [2.24, 2.45) is 0 Å². The summed E-state index contributed by atoms with van der Waals surface area (Å²) in [6.07, 6.45) is 5.92. The molecule has 1 rings (SSSR count). The van der Waals surface area contributed by atoms with Gasteiger partial charge in [-0.25, -0.2) is 0 Å². The Balaban J connectivity index is 2.42. The van der Waals surface area contributed by atoms with Gasteiger partial charge < -0.3 is 14.8 Å². The Morgan fingerprint density at radius 1 is 1.11 bits per heavy atom. The molecule has 0 aliphatic heterocycles. The van der Waals surface area contributed by atoms with Gasteiger partial charge in [-0.2, -0.15) is 0 Å². The van der Waals surface area contributed by atoms with Gasteiger partial charge in [0.25, 0.3) is 0 Å². The van der Waals surface area contributed by atoms with Crippen molar-refractivity contribution in [3.63, 3.8) is 0 Å². The normalized spacial score (nSPS) is 10.4. The molecule has 1 aromatic rings. The molecule has 0 aliphatic rings. The van der Waals surface area contributed by atoms with Crippen molar-refractivity contribution in [2.75, 3.05) is 6.61 Å². The third-order valence-electron chi connectivity index (χ3n) is 2.95. The maximum atomic E-state index is 9.28. The molecule has 18 heavy (non-hydrogen) atoms. The van der Waals surface area contributed by atoms with Crippen molar-refractivity contribution in [1.29, 1.82) is 0 Å². The number of ether oxygens (including phenoxy) is 1. The highest BCUT2D eigenvalue weighted by molar-refractivity contribution is 6.59. The van der Waals surface area contributed by atoms with Gasteiger partial charge in [0, 0.05) is 5.46 Å². The fourth-order valence-electron chi connectivity index (χ4n) is 1.89. The first kappa shape index (κ1) is 15.1. The van der Waals surface area contributed by atoms with Crippen molar-refractivity contribution in [2.45, 2.75) is 46.0 Å². The van der Waals surface area contributed by atoms with Gasteiger partial charge in [-0.15, -0.1) is 0 Å². The van der Waals surface area contributed by atoms with Gasteiger partial charge >= 0.3 is 7.12 Å². The van der Waals surface area contributed by atoms with Crippen LogP contribution in [0.15, 0.2) is 18.2 Å². The van der Waals surface area contributed by atoms with Gasteiger partial charge in [0.1, 0.15) is 5.75 Å². The lowest BCUT2D eigenvalue weighted by Gasteiger charge is -2.11. The minimum atomic E-state index is -1.47. The van der Waals surface area contributed by atoms with Crippen LogP contribution in [0.5, 0.6) is 5.75 Å². The molecule has 0 unspecified atom stereocenters. The van der Waals surface area contributed by atoms with E-state index in [0.29, 0.717) is 17.8 Å². The average molecular weight is 250 g/mol. The molecule has 0 radical (unpaired) electrons. The molecule has 3 nitrogen and oxygen atoms in total. The Hall–Kier alpha value is -0.995. The van der Waals surface area contributed by atoms with E-state index < -0.39 is 7.12 Å². The Bertz CT molecular complexity index is 353. The summed E-state index contributed by atoms with van der Waals surface area (Å²) in [6, 6.07) is 5.46. The Morgan fingerprint density at radius 2 is 1.83 bits per heavy atom. The van der Waals surface area contributed by atoms with Crippen LogP contribution in [0.25, 0.3) is 0 Å². The quantitative estimate of drug-likeness (QED) is 0.548. The molecule has 100 valence electrons. The lowest BCUT2D eigenvalue weighted by Crippen LogP contribution is -2.31. The number of aryl methyl sites for hydroxylation is 1. The number of hydrogen-bond donors (Lipinski definition) is 2. The van der Waals surface area contributed by atoms with E-state index >= 15 is 0 Å². The Kier molecular flexibility index (Phi) is 6.84. The maximum absolute atomic E-state index is 9.28. The lowest BCUT2D eigenvalue weighted by molar-refractivity contribution is 0.305. The van der Waals surface area contributed by atoms with E-state index in [4.69, 9.17) is 4.74 Å². The molecule has 0 atom stereocenters. The molecule has 0 aromatic heterocycles. The zero-order valence-electron chi connectivity index (χ0n) is 11.4. The Labute approximate surface area is 110 Å². The van der Waals surface area contributed by atoms with Crippen LogP contribution in [0, 0.1) is 6.92 Å². The standard InChI is InChI=1S/C14H23BO3/c1-3-4-5-6-7-10-18-14-9-8-12(2)11-13(14)15(16)17/h8-9,11,16-17H,3-7,10H2,1-2H3. The van der Waals surface area contributed by atoms with Crippen LogP contribution in [-0.4, -0.2) is 23.8 Å². The van der Waals surface area contributed by atoms with Crippen LogP contribution < -0.4 is 10.2 Å². The summed E-state index contributed by atoms with van der Waals surface area (Å²) in [6.45, 7) is 4.74. The summed E-state index contributed by atoms with van der Waals surface area (Å²) >= 11 is 0. The fourth-order valence-corrected chi connectivity index (χ4v) is 1.89. The van der Waals surface area contributed by atoms with E-state index in [1.165, 1.54) is 19.3 Å². The van der Waals surface area contributed by atoms with Gasteiger partial charge in [0.15, 0.2) is 0 Å². The number of rotatable bonds is 8. The van der Waals surface area contributed by atoms with Crippen LogP contribution >= 0.6 is 0 Å². The molecule has 0 saturated carbocycles. The molecular formula is C14H23BO3. The SMILES string of the molecule is CCCCCCCOc1ccc(C)cc1B(O)O. The van der Waals surface area contributed by atoms with E-state index in [1.54, 1.807) is 12.1 Å². The van der Waals surface area contributed by atoms with Crippen molar-refractivity contribution >= 4 is 12.6 Å². The summed E-state index contributed by atoms with van der Waals surface area (Å²) in [7, 11) is -1.47. The summed E-state index contributed by atoms with van der Waals surface area (Å²) in [5.74, 6) is 0.575. The third kappa shape index (κ3) is 5.11. The first-order valence-corrected chi connectivity index (χ1v) is 6.74. The average Bonchev–Trinajstić information content (AvgIpc) is 2.35. The van der Waals surface area contributed by atoms with Gasteiger partial charge in [-0.1, -0.05) is 50.3 Å². The van der Waals surface area contributed by atoms with Crippen LogP contribution in [0.1, 0.15) is 44.6 Å². The highest BCUT2D eigenvalue weighted by Gasteiger charge is 2.17. The van der Waals surface area contributed by atoms with Gasteiger partial charge in [-0.3, -0.25) is 0 Å². The van der Waals surface area contributed by atoms with E-state index in [-0.39, 0.29) is 0 Å². The van der Waals surface area contributed by atoms with E-state index in [0.717, 1.165) is 18.4 Å². The third-order valence-corrected chi connectivity index (χ3v) is 2.95. The van der Waals surface area contributed by atoms with Crippen LogP contribution in [-0.2, 0) is 0 Å². The van der Waals surface area contributed by atoms with E-state index in [2.05, 4.69) is 6.92 Å². The zero-order chi connectivity index (χ0) is 13.4. The lowest BCUT2D eigenvalue weighted by atomic mass is 9.79. The highest BCUT2D eigenvalue weighted by Crippen LogP contribution is 2.11. The second-order valence-corrected chi connectivity index (χ2v) is 4.68. The molecule has 0 saturated heterocycles. The van der Waals surface area contributed by atoms with Crippen molar-refractivity contribution < 1.29 is 14.8 Å². The summed E-state index contributed by atoms with van der Waals surface area (Å²) in [4.78, 5) is 0. The number of benzene rings is 1. The van der Waals surface area contributed by atoms with Crippen molar-refractivity contribution in [3.05, 3.63) is 23.8 Å². The van der Waals surface area contributed by atoms with Gasteiger partial charge in [-0.05, 0) is 19.4 Å². The first-order valence-electron chi connectivity index (χ1n) is 6.74. The van der Waals surface area contributed by atoms with E-state index in [9.17, 15) is 10.0 Å².